The third kappa shape index (κ3) is 6.17. The summed E-state index contributed by atoms with van der Waals surface area (Å²) in [5, 5.41) is 14.7. The van der Waals surface area contributed by atoms with Crippen LogP contribution in [0.3, 0.4) is 0 Å². The fourth-order valence-corrected chi connectivity index (χ4v) is 2.83. The van der Waals surface area contributed by atoms with E-state index in [-0.39, 0.29) is 33.1 Å². The number of hydrogen-bond donors (Lipinski definition) is 1. The van der Waals surface area contributed by atoms with Gasteiger partial charge in [-0.15, -0.1) is 0 Å². The molecule has 0 aliphatic heterocycles. The molecule has 0 aromatic heterocycles. The molecule has 0 heterocycles. The van der Waals surface area contributed by atoms with E-state index >= 15 is 0 Å². The van der Waals surface area contributed by atoms with E-state index in [2.05, 4.69) is 10.5 Å². The predicted octanol–water partition coefficient (Wildman–Crippen LogP) is 5.25. The normalized spacial score (nSPS) is 11.3. The van der Waals surface area contributed by atoms with E-state index in [0.717, 1.165) is 30.5 Å². The maximum absolute atomic E-state index is 12.9. The summed E-state index contributed by atoms with van der Waals surface area (Å²) >= 11 is 5.95. The zero-order chi connectivity index (χ0) is 24.9. The van der Waals surface area contributed by atoms with Gasteiger partial charge in [0.1, 0.15) is 5.75 Å². The molecule has 0 aliphatic rings. The van der Waals surface area contributed by atoms with Crippen LogP contribution < -0.4 is 10.2 Å². The number of rotatable bonds is 6. The summed E-state index contributed by atoms with van der Waals surface area (Å²) in [6.07, 6.45) is -3.51. The molecule has 3 aromatic rings. The number of nitro groups is 1. The number of benzene rings is 3. The number of halogens is 4. The minimum absolute atomic E-state index is 0.0693. The molecule has 0 aliphatic carbocycles. The molecule has 0 unspecified atom stereocenters. The second kappa shape index (κ2) is 10.1. The van der Waals surface area contributed by atoms with Crippen molar-refractivity contribution < 1.29 is 32.4 Å². The van der Waals surface area contributed by atoms with Crippen LogP contribution >= 0.6 is 11.6 Å². The minimum atomic E-state index is -4.63. The molecule has 0 saturated carbocycles. The van der Waals surface area contributed by atoms with Gasteiger partial charge in [0.05, 0.1) is 22.3 Å². The summed E-state index contributed by atoms with van der Waals surface area (Å²) in [6.45, 7) is 0. The fourth-order valence-electron chi connectivity index (χ4n) is 2.65. The van der Waals surface area contributed by atoms with Crippen molar-refractivity contribution in [2.75, 3.05) is 0 Å². The summed E-state index contributed by atoms with van der Waals surface area (Å²) in [5.41, 5.74) is 0.941. The highest BCUT2D eigenvalue weighted by Gasteiger charge is 2.31. The Morgan fingerprint density at radius 1 is 1.03 bits per heavy atom. The van der Waals surface area contributed by atoms with Gasteiger partial charge in [0.2, 0.25) is 0 Å². The van der Waals surface area contributed by atoms with Crippen LogP contribution in [0.15, 0.2) is 71.8 Å². The Balaban J connectivity index is 1.74. The van der Waals surface area contributed by atoms with Gasteiger partial charge in [0.15, 0.2) is 0 Å². The van der Waals surface area contributed by atoms with Crippen LogP contribution in [0.4, 0.5) is 18.9 Å². The van der Waals surface area contributed by atoms with Crippen molar-refractivity contribution in [1.82, 2.24) is 5.43 Å². The molecular formula is C22H13ClF3N3O5. The Morgan fingerprint density at radius 3 is 2.38 bits per heavy atom. The molecule has 0 atom stereocenters. The Hall–Kier alpha value is -4.25. The predicted molar refractivity (Wildman–Crippen MR) is 116 cm³/mol. The first-order valence-electron chi connectivity index (χ1n) is 9.31. The van der Waals surface area contributed by atoms with Crippen molar-refractivity contribution >= 4 is 35.4 Å². The van der Waals surface area contributed by atoms with E-state index in [1.807, 2.05) is 0 Å². The first-order valence-corrected chi connectivity index (χ1v) is 9.69. The number of hydrazone groups is 1. The van der Waals surface area contributed by atoms with E-state index in [4.69, 9.17) is 16.3 Å². The Morgan fingerprint density at radius 2 is 1.74 bits per heavy atom. The largest absolute Gasteiger partial charge is 0.422 e. The molecule has 8 nitrogen and oxygen atoms in total. The van der Waals surface area contributed by atoms with Gasteiger partial charge in [-0.1, -0.05) is 17.7 Å². The second-order valence-corrected chi connectivity index (χ2v) is 7.09. The van der Waals surface area contributed by atoms with Gasteiger partial charge in [-0.25, -0.2) is 10.2 Å². The first-order chi connectivity index (χ1) is 16.0. The van der Waals surface area contributed by atoms with Gasteiger partial charge >= 0.3 is 12.1 Å². The van der Waals surface area contributed by atoms with Crippen LogP contribution in [-0.2, 0) is 6.18 Å². The first kappa shape index (κ1) is 24.4. The van der Waals surface area contributed by atoms with E-state index < -0.39 is 28.5 Å². The maximum atomic E-state index is 12.9. The third-order valence-electron chi connectivity index (χ3n) is 4.31. The minimum Gasteiger partial charge on any atom is -0.422 e. The number of esters is 1. The number of nitrogens with one attached hydrogen (secondary N) is 1. The summed E-state index contributed by atoms with van der Waals surface area (Å²) in [7, 11) is 0. The van der Waals surface area contributed by atoms with Crippen LogP contribution in [0, 0.1) is 10.1 Å². The molecule has 3 aromatic carbocycles. The molecule has 0 bridgehead atoms. The van der Waals surface area contributed by atoms with Crippen molar-refractivity contribution in [2.45, 2.75) is 6.18 Å². The summed E-state index contributed by atoms with van der Waals surface area (Å²) in [5.74, 6) is -1.78. The molecular weight excluding hydrogens is 479 g/mol. The van der Waals surface area contributed by atoms with Gasteiger partial charge in [0.25, 0.3) is 11.6 Å². The monoisotopic (exact) mass is 491 g/mol. The quantitative estimate of drug-likeness (QED) is 0.166. The lowest BCUT2D eigenvalue weighted by atomic mass is 10.1. The van der Waals surface area contributed by atoms with Crippen LogP contribution in [0.5, 0.6) is 5.75 Å². The molecule has 12 heteroatoms. The van der Waals surface area contributed by atoms with Crippen molar-refractivity contribution in [3.63, 3.8) is 0 Å². The molecule has 174 valence electrons. The third-order valence-corrected chi connectivity index (χ3v) is 4.55. The number of hydrogen-bond acceptors (Lipinski definition) is 6. The highest BCUT2D eigenvalue weighted by molar-refractivity contribution is 6.31. The lowest BCUT2D eigenvalue weighted by molar-refractivity contribution is -0.384. The summed E-state index contributed by atoms with van der Waals surface area (Å²) in [6, 6.07) is 12.6. The Kier molecular flexibility index (Phi) is 7.27. The lowest BCUT2D eigenvalue weighted by Crippen LogP contribution is -2.17. The van der Waals surface area contributed by atoms with Crippen LogP contribution in [0.1, 0.15) is 31.8 Å². The average molecular weight is 492 g/mol. The van der Waals surface area contributed by atoms with Gasteiger partial charge in [-0.05, 0) is 48.5 Å². The number of non-ortho nitro benzene ring substituents is 1. The van der Waals surface area contributed by atoms with Crippen molar-refractivity contribution in [1.29, 1.82) is 0 Å². The highest BCUT2D eigenvalue weighted by Crippen LogP contribution is 2.30. The van der Waals surface area contributed by atoms with E-state index in [0.29, 0.717) is 6.07 Å². The van der Waals surface area contributed by atoms with E-state index in [1.54, 1.807) is 0 Å². The van der Waals surface area contributed by atoms with Crippen LogP contribution in [0.25, 0.3) is 0 Å². The molecule has 0 fully saturated rings. The Labute approximate surface area is 194 Å². The number of carbonyl (C=O) groups excluding carboxylic acids is 2. The molecule has 0 saturated heterocycles. The molecule has 0 radical (unpaired) electrons. The number of ether oxygens (including phenoxy) is 1. The number of nitro benzene ring substituents is 1. The van der Waals surface area contributed by atoms with Gasteiger partial charge in [-0.2, -0.15) is 18.3 Å². The maximum Gasteiger partial charge on any atom is 0.416 e. The average Bonchev–Trinajstić information content (AvgIpc) is 2.80. The topological polar surface area (TPSA) is 111 Å². The van der Waals surface area contributed by atoms with Crippen LogP contribution in [-0.4, -0.2) is 23.0 Å². The van der Waals surface area contributed by atoms with Crippen molar-refractivity contribution in [3.8, 4) is 5.75 Å². The number of carbonyl (C=O) groups is 2. The molecule has 1 amide bonds. The molecule has 3 rings (SSSR count). The van der Waals surface area contributed by atoms with Crippen molar-refractivity contribution in [3.05, 3.63) is 104 Å². The van der Waals surface area contributed by atoms with Gasteiger partial charge < -0.3 is 4.74 Å². The second-order valence-electron chi connectivity index (χ2n) is 6.65. The zero-order valence-electron chi connectivity index (χ0n) is 16.9. The van der Waals surface area contributed by atoms with Crippen molar-refractivity contribution in [2.24, 2.45) is 5.10 Å². The van der Waals surface area contributed by atoms with E-state index in [9.17, 15) is 32.9 Å². The molecule has 34 heavy (non-hydrogen) atoms. The number of nitrogens with zero attached hydrogens (tertiary/aromatic N) is 2. The van der Waals surface area contributed by atoms with Gasteiger partial charge in [0, 0.05) is 28.3 Å². The Bertz CT molecular complexity index is 1280. The standard InChI is InChI=1S/C22H13ClF3N3O5/c23-17-6-9-19(34-21(31)14-2-1-3-16(10-14)22(24,25)26)15(11-17)12-27-28-20(30)13-4-7-18(8-5-13)29(32)33/h1-12H,(H,28,30)/b27-12+. The zero-order valence-corrected chi connectivity index (χ0v) is 17.6. The van der Waals surface area contributed by atoms with Gasteiger partial charge in [-0.3, -0.25) is 14.9 Å². The highest BCUT2D eigenvalue weighted by atomic mass is 35.5. The number of alkyl halides is 3. The smallest absolute Gasteiger partial charge is 0.416 e. The number of amides is 1. The SMILES string of the molecule is O=C(N/N=C/c1cc(Cl)ccc1OC(=O)c1cccc(C(F)(F)F)c1)c1ccc([N+](=O)[O-])cc1. The van der Waals surface area contributed by atoms with Crippen LogP contribution in [0.2, 0.25) is 5.02 Å². The fraction of sp³-hybridized carbons (Fsp3) is 0.0455. The molecule has 1 N–H and O–H groups in total. The lowest BCUT2D eigenvalue weighted by Gasteiger charge is -2.10. The van der Waals surface area contributed by atoms with E-state index in [1.165, 1.54) is 36.4 Å². The molecule has 0 spiro atoms. The summed E-state index contributed by atoms with van der Waals surface area (Å²) in [4.78, 5) is 34.6. The summed E-state index contributed by atoms with van der Waals surface area (Å²) < 4.78 is 43.9.